The summed E-state index contributed by atoms with van der Waals surface area (Å²) in [7, 11) is 1.41. The topological polar surface area (TPSA) is 89.8 Å². The number of carbonyl (C=O) groups excluding carboxylic acids is 2. The van der Waals surface area contributed by atoms with E-state index in [0.717, 1.165) is 27.2 Å². The quantitative estimate of drug-likeness (QED) is 0.222. The van der Waals surface area contributed by atoms with Gasteiger partial charge in [-0.25, -0.2) is 4.90 Å². The van der Waals surface area contributed by atoms with Gasteiger partial charge in [0.15, 0.2) is 0 Å². The molecule has 3 aliphatic rings. The van der Waals surface area contributed by atoms with Gasteiger partial charge in [-0.1, -0.05) is 72.8 Å². The summed E-state index contributed by atoms with van der Waals surface area (Å²) in [6.45, 7) is 0. The molecule has 1 heterocycles. The number of hydrogen-bond acceptors (Lipinski definition) is 5. The Bertz CT molecular complexity index is 1390. The van der Waals surface area contributed by atoms with Crippen molar-refractivity contribution < 1.29 is 19.2 Å². The van der Waals surface area contributed by atoms with E-state index in [1.165, 1.54) is 25.3 Å². The van der Waals surface area contributed by atoms with Crippen molar-refractivity contribution in [3.8, 4) is 5.75 Å². The number of amides is 2. The highest BCUT2D eigenvalue weighted by molar-refractivity contribution is 6.24. The number of carbonyl (C=O) groups is 2. The van der Waals surface area contributed by atoms with Gasteiger partial charge < -0.3 is 4.74 Å². The SMILES string of the molecule is COc1ccc(N2C(=O)[C@@H]3[C@@H](C2=O)[C@H]2C=C[C@@H]3C2=C(c2ccccc2)c2ccccc2)c([N+](=O)[O-])c1. The fraction of sp³-hybridized carbons (Fsp3) is 0.172. The minimum Gasteiger partial charge on any atom is -0.496 e. The summed E-state index contributed by atoms with van der Waals surface area (Å²) in [4.78, 5) is 39.7. The number of allylic oxidation sites excluding steroid dienone is 3. The highest BCUT2D eigenvalue weighted by atomic mass is 16.6. The Balaban J connectivity index is 1.47. The molecule has 2 bridgehead atoms. The number of hydrogen-bond donors (Lipinski definition) is 0. The summed E-state index contributed by atoms with van der Waals surface area (Å²) in [6, 6.07) is 24.2. The van der Waals surface area contributed by atoms with Gasteiger partial charge in [-0.05, 0) is 34.4 Å². The Labute approximate surface area is 207 Å². The molecule has 0 aromatic heterocycles. The molecule has 7 nitrogen and oxygen atoms in total. The van der Waals surface area contributed by atoms with Crippen molar-refractivity contribution in [2.75, 3.05) is 12.0 Å². The number of nitrogens with zero attached hydrogens (tertiary/aromatic N) is 2. The molecule has 0 spiro atoms. The minimum absolute atomic E-state index is 0.0125. The maximum atomic E-state index is 13.8. The van der Waals surface area contributed by atoms with Crippen LogP contribution in [0.25, 0.3) is 5.57 Å². The summed E-state index contributed by atoms with van der Waals surface area (Å²) >= 11 is 0. The molecule has 6 rings (SSSR count). The zero-order valence-corrected chi connectivity index (χ0v) is 19.4. The van der Waals surface area contributed by atoms with Crippen LogP contribution >= 0.6 is 0 Å². The van der Waals surface area contributed by atoms with E-state index in [1.807, 2.05) is 72.8 Å². The molecule has 178 valence electrons. The monoisotopic (exact) mass is 478 g/mol. The van der Waals surface area contributed by atoms with E-state index in [2.05, 4.69) is 0 Å². The number of methoxy groups -OCH3 is 1. The fourth-order valence-corrected chi connectivity index (χ4v) is 6.01. The maximum absolute atomic E-state index is 13.8. The first-order valence-electron chi connectivity index (χ1n) is 11.7. The van der Waals surface area contributed by atoms with Crippen LogP contribution in [0.2, 0.25) is 0 Å². The molecular weight excluding hydrogens is 456 g/mol. The van der Waals surface area contributed by atoms with Crippen molar-refractivity contribution in [3.63, 3.8) is 0 Å². The number of rotatable bonds is 5. The Kier molecular flexibility index (Phi) is 5.07. The second-order valence-corrected chi connectivity index (χ2v) is 9.17. The van der Waals surface area contributed by atoms with Crippen molar-refractivity contribution >= 4 is 28.8 Å². The molecule has 3 aromatic rings. The Hall–Kier alpha value is -4.52. The normalized spacial score (nSPS) is 23.8. The molecule has 0 radical (unpaired) electrons. The number of ether oxygens (including phenoxy) is 1. The second kappa shape index (κ2) is 8.30. The zero-order chi connectivity index (χ0) is 25.0. The third-order valence-electron chi connectivity index (χ3n) is 7.45. The van der Waals surface area contributed by atoms with Crippen molar-refractivity contribution in [1.82, 2.24) is 0 Å². The van der Waals surface area contributed by atoms with Gasteiger partial charge in [-0.2, -0.15) is 0 Å². The fourth-order valence-electron chi connectivity index (χ4n) is 6.01. The first-order chi connectivity index (χ1) is 17.5. The average molecular weight is 479 g/mol. The van der Waals surface area contributed by atoms with Gasteiger partial charge in [-0.3, -0.25) is 19.7 Å². The number of fused-ring (bicyclic) bond motifs is 5. The molecule has 2 fully saturated rings. The van der Waals surface area contributed by atoms with E-state index in [4.69, 9.17) is 4.74 Å². The summed E-state index contributed by atoms with van der Waals surface area (Å²) in [5, 5.41) is 11.8. The first kappa shape index (κ1) is 22.0. The highest BCUT2D eigenvalue weighted by Crippen LogP contribution is 2.59. The van der Waals surface area contributed by atoms with Crippen LogP contribution < -0.4 is 9.64 Å². The number of imide groups is 1. The first-order valence-corrected chi connectivity index (χ1v) is 11.7. The largest absolute Gasteiger partial charge is 0.496 e. The van der Waals surface area contributed by atoms with Crippen LogP contribution in [0, 0.1) is 33.8 Å². The van der Waals surface area contributed by atoms with Crippen molar-refractivity contribution in [2.45, 2.75) is 0 Å². The smallest absolute Gasteiger partial charge is 0.297 e. The molecule has 2 amide bonds. The van der Waals surface area contributed by atoms with Gasteiger partial charge in [0.1, 0.15) is 11.4 Å². The van der Waals surface area contributed by atoms with Crippen molar-refractivity contribution in [2.24, 2.45) is 23.7 Å². The van der Waals surface area contributed by atoms with Gasteiger partial charge in [0.2, 0.25) is 11.8 Å². The lowest BCUT2D eigenvalue weighted by Crippen LogP contribution is -2.33. The lowest BCUT2D eigenvalue weighted by atomic mass is 9.85. The molecule has 2 aliphatic carbocycles. The summed E-state index contributed by atoms with van der Waals surface area (Å²) in [5.41, 5.74) is 3.81. The highest BCUT2D eigenvalue weighted by Gasteiger charge is 2.63. The third kappa shape index (κ3) is 3.12. The Morgan fingerprint density at radius 1 is 0.833 bits per heavy atom. The molecule has 36 heavy (non-hydrogen) atoms. The van der Waals surface area contributed by atoms with Crippen LogP contribution in [0.1, 0.15) is 11.1 Å². The number of anilines is 1. The van der Waals surface area contributed by atoms with Gasteiger partial charge in [0, 0.05) is 11.8 Å². The van der Waals surface area contributed by atoms with Gasteiger partial charge in [0.25, 0.3) is 5.69 Å². The van der Waals surface area contributed by atoms with Crippen LogP contribution in [0.4, 0.5) is 11.4 Å². The Morgan fingerprint density at radius 2 is 1.36 bits per heavy atom. The third-order valence-corrected chi connectivity index (χ3v) is 7.45. The number of nitro benzene ring substituents is 1. The molecule has 3 aromatic carbocycles. The van der Waals surface area contributed by atoms with Crippen LogP contribution in [-0.2, 0) is 9.59 Å². The summed E-state index contributed by atoms with van der Waals surface area (Å²) in [6.07, 6.45) is 4.04. The predicted octanol–water partition coefficient (Wildman–Crippen LogP) is 5.03. The van der Waals surface area contributed by atoms with E-state index < -0.39 is 28.6 Å². The average Bonchev–Trinajstić information content (AvgIpc) is 3.54. The van der Waals surface area contributed by atoms with Gasteiger partial charge >= 0.3 is 0 Å². The molecular formula is C29H22N2O5. The second-order valence-electron chi connectivity index (χ2n) is 9.17. The molecule has 1 saturated heterocycles. The molecule has 1 aliphatic heterocycles. The standard InChI is InChI=1S/C29H22N2O5/c1-36-19-12-15-22(23(16-19)31(34)35)30-28(32)26-20-13-14-21(27(26)29(30)33)25(20)24(17-8-4-2-5-9-17)18-10-6-3-7-11-18/h2-16,20-21,26-27H,1H3/t20-,21+,26-,27-/m0/s1. The zero-order valence-electron chi connectivity index (χ0n) is 19.4. The molecule has 4 atom stereocenters. The lowest BCUT2D eigenvalue weighted by Gasteiger charge is -2.21. The Morgan fingerprint density at radius 3 is 1.83 bits per heavy atom. The van der Waals surface area contributed by atoms with Crippen molar-refractivity contribution in [3.05, 3.63) is 118 Å². The summed E-state index contributed by atoms with van der Waals surface area (Å²) in [5.74, 6) is -2.20. The minimum atomic E-state index is -0.591. The van der Waals surface area contributed by atoms with Crippen LogP contribution in [0.5, 0.6) is 5.75 Å². The molecule has 0 N–H and O–H groups in total. The van der Waals surface area contributed by atoms with Crippen LogP contribution in [0.15, 0.2) is 96.6 Å². The maximum Gasteiger partial charge on any atom is 0.297 e. The number of nitro groups is 1. The predicted molar refractivity (Wildman–Crippen MR) is 134 cm³/mol. The van der Waals surface area contributed by atoms with Crippen LogP contribution in [0.3, 0.4) is 0 Å². The van der Waals surface area contributed by atoms with E-state index >= 15 is 0 Å². The lowest BCUT2D eigenvalue weighted by molar-refractivity contribution is -0.384. The van der Waals surface area contributed by atoms with E-state index in [-0.39, 0.29) is 29.0 Å². The molecule has 1 saturated carbocycles. The van der Waals surface area contributed by atoms with Gasteiger partial charge in [0.05, 0.1) is 29.9 Å². The summed E-state index contributed by atoms with van der Waals surface area (Å²) < 4.78 is 5.11. The molecule has 7 heteroatoms. The van der Waals surface area contributed by atoms with E-state index in [0.29, 0.717) is 0 Å². The van der Waals surface area contributed by atoms with E-state index in [9.17, 15) is 19.7 Å². The van der Waals surface area contributed by atoms with Crippen molar-refractivity contribution in [1.29, 1.82) is 0 Å². The van der Waals surface area contributed by atoms with Crippen LogP contribution in [-0.4, -0.2) is 23.8 Å². The van der Waals surface area contributed by atoms with E-state index in [1.54, 1.807) is 0 Å². The van der Waals surface area contributed by atoms with Gasteiger partial charge in [-0.15, -0.1) is 0 Å². The molecule has 0 unspecified atom stereocenters. The number of benzene rings is 3.